The molecular formula is C13H17N3O5S. The quantitative estimate of drug-likeness (QED) is 0.810. The average molecular weight is 327 g/mol. The fourth-order valence-electron chi connectivity index (χ4n) is 1.93. The highest BCUT2D eigenvalue weighted by Gasteiger charge is 2.19. The van der Waals surface area contributed by atoms with Crippen molar-refractivity contribution in [2.45, 2.75) is 25.4 Å². The number of rotatable bonds is 6. The second-order valence-corrected chi connectivity index (χ2v) is 6.45. The van der Waals surface area contributed by atoms with Crippen molar-refractivity contribution in [1.82, 2.24) is 15.2 Å². The van der Waals surface area contributed by atoms with Crippen LogP contribution in [0.15, 0.2) is 26.2 Å². The monoisotopic (exact) mass is 327 g/mol. The van der Waals surface area contributed by atoms with Crippen LogP contribution in [0.1, 0.15) is 27.6 Å². The van der Waals surface area contributed by atoms with E-state index in [0.717, 1.165) is 11.3 Å². The molecule has 2 heterocycles. The summed E-state index contributed by atoms with van der Waals surface area (Å²) in [4.78, 5) is 11.9. The van der Waals surface area contributed by atoms with Gasteiger partial charge in [0.25, 0.3) is 15.9 Å². The molecule has 8 nitrogen and oxygen atoms in total. The molecule has 0 saturated heterocycles. The molecule has 0 saturated carbocycles. The van der Waals surface area contributed by atoms with Gasteiger partial charge in [0.1, 0.15) is 5.76 Å². The molecule has 9 heteroatoms. The first-order chi connectivity index (χ1) is 10.3. The van der Waals surface area contributed by atoms with E-state index in [2.05, 4.69) is 15.2 Å². The SMILES string of the molecule is CNS(=O)(=O)c1ccc(C(=O)NCCc2c(C)noc2C)o1. The molecule has 2 rings (SSSR count). The normalized spacial score (nSPS) is 11.6. The van der Waals surface area contributed by atoms with E-state index in [4.69, 9.17) is 8.94 Å². The van der Waals surface area contributed by atoms with E-state index < -0.39 is 15.9 Å². The summed E-state index contributed by atoms with van der Waals surface area (Å²) in [5, 5.41) is 6.19. The summed E-state index contributed by atoms with van der Waals surface area (Å²) in [6, 6.07) is 2.55. The molecule has 120 valence electrons. The maximum atomic E-state index is 11.9. The summed E-state index contributed by atoms with van der Waals surface area (Å²) in [5.74, 6) is 0.170. The molecule has 0 unspecified atom stereocenters. The van der Waals surface area contributed by atoms with Crippen LogP contribution in [0.2, 0.25) is 0 Å². The smallest absolute Gasteiger partial charge is 0.287 e. The van der Waals surface area contributed by atoms with Gasteiger partial charge in [-0.3, -0.25) is 4.79 Å². The molecule has 0 radical (unpaired) electrons. The van der Waals surface area contributed by atoms with Crippen LogP contribution in [0.4, 0.5) is 0 Å². The van der Waals surface area contributed by atoms with Gasteiger partial charge in [0.05, 0.1) is 5.69 Å². The number of hydrogen-bond acceptors (Lipinski definition) is 6. The van der Waals surface area contributed by atoms with Crippen molar-refractivity contribution >= 4 is 15.9 Å². The minimum atomic E-state index is -3.70. The lowest BCUT2D eigenvalue weighted by Gasteiger charge is -2.03. The molecule has 0 fully saturated rings. The maximum absolute atomic E-state index is 11.9. The minimum Gasteiger partial charge on any atom is -0.438 e. The summed E-state index contributed by atoms with van der Waals surface area (Å²) >= 11 is 0. The Morgan fingerprint density at radius 3 is 2.64 bits per heavy atom. The van der Waals surface area contributed by atoms with E-state index in [1.54, 1.807) is 6.92 Å². The molecule has 0 bridgehead atoms. The van der Waals surface area contributed by atoms with Gasteiger partial charge < -0.3 is 14.3 Å². The summed E-state index contributed by atoms with van der Waals surface area (Å²) in [5.41, 5.74) is 1.73. The van der Waals surface area contributed by atoms with E-state index >= 15 is 0 Å². The van der Waals surface area contributed by atoms with Gasteiger partial charge in [-0.05, 0) is 39.4 Å². The maximum Gasteiger partial charge on any atom is 0.287 e. The van der Waals surface area contributed by atoms with Gasteiger partial charge in [-0.15, -0.1) is 0 Å². The third kappa shape index (κ3) is 3.37. The third-order valence-electron chi connectivity index (χ3n) is 3.18. The van der Waals surface area contributed by atoms with Gasteiger partial charge in [-0.2, -0.15) is 0 Å². The zero-order chi connectivity index (χ0) is 16.3. The number of aromatic nitrogens is 1. The Labute approximate surface area is 127 Å². The van der Waals surface area contributed by atoms with Crippen LogP contribution < -0.4 is 10.0 Å². The van der Waals surface area contributed by atoms with Gasteiger partial charge in [-0.1, -0.05) is 5.16 Å². The fourth-order valence-corrected chi connectivity index (χ4v) is 2.58. The Kier molecular flexibility index (Phi) is 4.67. The molecule has 0 atom stereocenters. The molecular weight excluding hydrogens is 310 g/mol. The van der Waals surface area contributed by atoms with E-state index in [9.17, 15) is 13.2 Å². The van der Waals surface area contributed by atoms with Crippen LogP contribution in [0, 0.1) is 13.8 Å². The average Bonchev–Trinajstić information content (AvgIpc) is 3.09. The van der Waals surface area contributed by atoms with E-state index in [0.29, 0.717) is 18.7 Å². The molecule has 0 aromatic carbocycles. The number of nitrogens with zero attached hydrogens (tertiary/aromatic N) is 1. The predicted molar refractivity (Wildman–Crippen MR) is 77.0 cm³/mol. The van der Waals surface area contributed by atoms with Crippen molar-refractivity contribution in [1.29, 1.82) is 0 Å². The zero-order valence-corrected chi connectivity index (χ0v) is 13.3. The highest BCUT2D eigenvalue weighted by Crippen LogP contribution is 2.14. The number of aryl methyl sites for hydroxylation is 2. The molecule has 1 amide bonds. The summed E-state index contributed by atoms with van der Waals surface area (Å²) in [7, 11) is -2.43. The Bertz CT molecular complexity index is 756. The summed E-state index contributed by atoms with van der Waals surface area (Å²) in [6.45, 7) is 3.99. The van der Waals surface area contributed by atoms with Crippen molar-refractivity contribution in [3.05, 3.63) is 34.9 Å². The van der Waals surface area contributed by atoms with Gasteiger partial charge in [0.2, 0.25) is 5.09 Å². The largest absolute Gasteiger partial charge is 0.438 e. The Morgan fingerprint density at radius 2 is 2.05 bits per heavy atom. The second-order valence-electron chi connectivity index (χ2n) is 4.63. The molecule has 0 aliphatic heterocycles. The van der Waals surface area contributed by atoms with Crippen LogP contribution in [0.5, 0.6) is 0 Å². The number of sulfonamides is 1. The summed E-state index contributed by atoms with van der Waals surface area (Å²) < 4.78 is 35.2. The fraction of sp³-hybridized carbons (Fsp3) is 0.385. The van der Waals surface area contributed by atoms with Crippen molar-refractivity contribution in [3.8, 4) is 0 Å². The number of amides is 1. The Hall–Kier alpha value is -2.13. The van der Waals surface area contributed by atoms with Crippen LogP contribution in [0.25, 0.3) is 0 Å². The number of carbonyl (C=O) groups excluding carboxylic acids is 1. The molecule has 2 N–H and O–H groups in total. The first-order valence-electron chi connectivity index (χ1n) is 6.58. The second kappa shape index (κ2) is 6.32. The minimum absolute atomic E-state index is 0.0624. The van der Waals surface area contributed by atoms with E-state index in [1.807, 2.05) is 6.92 Å². The summed E-state index contributed by atoms with van der Waals surface area (Å²) in [6.07, 6.45) is 0.565. The van der Waals surface area contributed by atoms with E-state index in [-0.39, 0.29) is 10.9 Å². The number of nitrogens with one attached hydrogen (secondary N) is 2. The van der Waals surface area contributed by atoms with Gasteiger partial charge >= 0.3 is 0 Å². The molecule has 0 aliphatic carbocycles. The topological polar surface area (TPSA) is 114 Å². The lowest BCUT2D eigenvalue weighted by atomic mass is 10.1. The Balaban J connectivity index is 1.96. The predicted octanol–water partition coefficient (Wildman–Crippen LogP) is 0.765. The van der Waals surface area contributed by atoms with Crippen LogP contribution in [-0.2, 0) is 16.4 Å². The molecule has 2 aromatic rings. The first-order valence-corrected chi connectivity index (χ1v) is 8.07. The highest BCUT2D eigenvalue weighted by molar-refractivity contribution is 7.89. The van der Waals surface area contributed by atoms with E-state index in [1.165, 1.54) is 19.2 Å². The molecule has 22 heavy (non-hydrogen) atoms. The third-order valence-corrected chi connectivity index (χ3v) is 4.47. The number of carbonyl (C=O) groups is 1. The van der Waals surface area contributed by atoms with Gasteiger partial charge in [0.15, 0.2) is 5.76 Å². The van der Waals surface area contributed by atoms with Gasteiger partial charge in [0, 0.05) is 12.1 Å². The lowest BCUT2D eigenvalue weighted by Crippen LogP contribution is -2.25. The van der Waals surface area contributed by atoms with Crippen molar-refractivity contribution in [2.75, 3.05) is 13.6 Å². The Morgan fingerprint density at radius 1 is 1.32 bits per heavy atom. The van der Waals surface area contributed by atoms with Crippen molar-refractivity contribution in [2.24, 2.45) is 0 Å². The van der Waals surface area contributed by atoms with Crippen molar-refractivity contribution in [3.63, 3.8) is 0 Å². The van der Waals surface area contributed by atoms with Gasteiger partial charge in [-0.25, -0.2) is 13.1 Å². The van der Waals surface area contributed by atoms with Crippen molar-refractivity contribution < 1.29 is 22.2 Å². The molecule has 0 spiro atoms. The van der Waals surface area contributed by atoms with Crippen LogP contribution in [-0.4, -0.2) is 33.1 Å². The standard InChI is InChI=1S/C13H17N3O5S/c1-8-10(9(2)21-16-8)6-7-15-13(17)11-4-5-12(20-11)22(18,19)14-3/h4-5,14H,6-7H2,1-3H3,(H,15,17). The lowest BCUT2D eigenvalue weighted by molar-refractivity contribution is 0.0921. The highest BCUT2D eigenvalue weighted by atomic mass is 32.2. The first kappa shape index (κ1) is 16.2. The molecule has 2 aromatic heterocycles. The molecule has 0 aliphatic rings. The van der Waals surface area contributed by atoms with Crippen LogP contribution >= 0.6 is 0 Å². The zero-order valence-electron chi connectivity index (χ0n) is 12.5. The number of hydrogen-bond donors (Lipinski definition) is 2. The number of furan rings is 1. The van der Waals surface area contributed by atoms with Crippen LogP contribution in [0.3, 0.4) is 0 Å².